The molecule has 0 bridgehead atoms. The quantitative estimate of drug-likeness (QED) is 0.825. The van der Waals surface area contributed by atoms with Crippen LogP contribution in [0.4, 0.5) is 4.79 Å². The molecule has 2 aromatic rings. The van der Waals surface area contributed by atoms with Crippen LogP contribution in [0.5, 0.6) is 5.75 Å². The van der Waals surface area contributed by atoms with Crippen molar-refractivity contribution in [2.75, 3.05) is 20.3 Å². The molecule has 2 heterocycles. The van der Waals surface area contributed by atoms with Crippen LogP contribution in [0, 0.1) is 0 Å². The van der Waals surface area contributed by atoms with E-state index in [1.54, 1.807) is 22.9 Å². The van der Waals surface area contributed by atoms with Crippen LogP contribution in [-0.2, 0) is 24.9 Å². The third kappa shape index (κ3) is 4.54. The largest absolute Gasteiger partial charge is 0.496 e. The van der Waals surface area contributed by atoms with Gasteiger partial charge in [0, 0.05) is 32.0 Å². The van der Waals surface area contributed by atoms with E-state index in [1.807, 2.05) is 37.4 Å². The number of hydrogen-bond donors (Lipinski definition) is 1. The summed E-state index contributed by atoms with van der Waals surface area (Å²) in [7, 11) is 3.51. The van der Waals surface area contributed by atoms with Crippen LogP contribution in [0.1, 0.15) is 24.1 Å². The predicted molar refractivity (Wildman–Crippen MR) is 97.8 cm³/mol. The highest BCUT2D eigenvalue weighted by molar-refractivity contribution is 5.74. The molecule has 1 aliphatic heterocycles. The van der Waals surface area contributed by atoms with Gasteiger partial charge in [-0.1, -0.05) is 18.2 Å². The summed E-state index contributed by atoms with van der Waals surface area (Å²) in [6.07, 6.45) is 3.84. The number of carbonyl (C=O) groups excluding carboxylic acids is 1. The number of hydrogen-bond acceptors (Lipinski definition) is 4. The molecule has 7 heteroatoms. The first-order valence-corrected chi connectivity index (χ1v) is 8.90. The van der Waals surface area contributed by atoms with Crippen molar-refractivity contribution in [3.05, 3.63) is 47.8 Å². The van der Waals surface area contributed by atoms with Gasteiger partial charge < -0.3 is 19.7 Å². The summed E-state index contributed by atoms with van der Waals surface area (Å²) in [5.41, 5.74) is 1.93. The Bertz CT molecular complexity index is 725. The van der Waals surface area contributed by atoms with E-state index >= 15 is 0 Å². The van der Waals surface area contributed by atoms with Crippen molar-refractivity contribution in [1.29, 1.82) is 0 Å². The Kier molecular flexibility index (Phi) is 6.12. The molecule has 0 saturated carbocycles. The number of benzene rings is 1. The topological polar surface area (TPSA) is 68.6 Å². The zero-order valence-electron chi connectivity index (χ0n) is 15.4. The minimum atomic E-state index is -0.118. The molecule has 1 aliphatic rings. The Balaban J connectivity index is 1.69. The van der Waals surface area contributed by atoms with Crippen LogP contribution >= 0.6 is 0 Å². The highest BCUT2D eigenvalue weighted by Gasteiger charge is 2.23. The Hall–Kier alpha value is -2.54. The molecule has 2 amide bonds. The number of ether oxygens (including phenoxy) is 2. The average molecular weight is 358 g/mol. The second-order valence-electron chi connectivity index (χ2n) is 6.43. The van der Waals surface area contributed by atoms with E-state index in [0.717, 1.165) is 36.5 Å². The summed E-state index contributed by atoms with van der Waals surface area (Å²) in [4.78, 5) is 14.6. The maximum Gasteiger partial charge on any atom is 0.318 e. The number of carbonyl (C=O) groups is 1. The maximum atomic E-state index is 12.8. The lowest BCUT2D eigenvalue weighted by atomic mass is 10.1. The fraction of sp³-hybridized carbons (Fsp3) is 0.474. The molecule has 140 valence electrons. The zero-order chi connectivity index (χ0) is 18.4. The van der Waals surface area contributed by atoms with Crippen LogP contribution in [0.3, 0.4) is 0 Å². The molecule has 1 aromatic carbocycles. The van der Waals surface area contributed by atoms with E-state index < -0.39 is 0 Å². The molecule has 1 fully saturated rings. The van der Waals surface area contributed by atoms with Crippen molar-refractivity contribution < 1.29 is 14.3 Å². The average Bonchev–Trinajstić information content (AvgIpc) is 3.31. The number of para-hydroxylation sites is 1. The molecule has 3 rings (SSSR count). The third-order valence-corrected chi connectivity index (χ3v) is 4.63. The summed E-state index contributed by atoms with van der Waals surface area (Å²) in [6, 6.07) is 9.55. The number of rotatable bonds is 7. The Labute approximate surface area is 153 Å². The van der Waals surface area contributed by atoms with Gasteiger partial charge in [-0.15, -0.1) is 0 Å². The Morgan fingerprint density at radius 3 is 2.96 bits per heavy atom. The van der Waals surface area contributed by atoms with Crippen LogP contribution < -0.4 is 10.1 Å². The molecule has 1 aromatic heterocycles. The molecule has 7 nitrogen and oxygen atoms in total. The van der Waals surface area contributed by atoms with Crippen LogP contribution in [0.25, 0.3) is 0 Å². The van der Waals surface area contributed by atoms with Gasteiger partial charge >= 0.3 is 6.03 Å². The lowest BCUT2D eigenvalue weighted by Gasteiger charge is -2.26. The van der Waals surface area contributed by atoms with Crippen molar-refractivity contribution in [3.8, 4) is 5.75 Å². The van der Waals surface area contributed by atoms with Crippen molar-refractivity contribution >= 4 is 6.03 Å². The standard InChI is InChI=1S/C19H26N4O3/c1-22-16(9-10-21-22)12-20-19(24)23(14-17-7-5-11-26-17)13-15-6-3-4-8-18(15)25-2/h3-4,6,8-10,17H,5,7,11-14H2,1-2H3,(H,20,24). The second-order valence-corrected chi connectivity index (χ2v) is 6.43. The van der Waals surface area contributed by atoms with E-state index in [4.69, 9.17) is 9.47 Å². The summed E-state index contributed by atoms with van der Waals surface area (Å²) in [5.74, 6) is 0.782. The van der Waals surface area contributed by atoms with Gasteiger partial charge in [0.2, 0.25) is 0 Å². The highest BCUT2D eigenvalue weighted by Crippen LogP contribution is 2.21. The van der Waals surface area contributed by atoms with Crippen LogP contribution in [0.15, 0.2) is 36.5 Å². The first-order chi connectivity index (χ1) is 12.7. The molecule has 1 N–H and O–H groups in total. The SMILES string of the molecule is COc1ccccc1CN(CC1CCCO1)C(=O)NCc1ccnn1C. The highest BCUT2D eigenvalue weighted by atomic mass is 16.5. The van der Waals surface area contributed by atoms with Gasteiger partial charge in [0.05, 0.1) is 32.0 Å². The Morgan fingerprint density at radius 2 is 2.27 bits per heavy atom. The lowest BCUT2D eigenvalue weighted by Crippen LogP contribution is -2.43. The second kappa shape index (κ2) is 8.71. The summed E-state index contributed by atoms with van der Waals surface area (Å²) < 4.78 is 12.9. The molecular weight excluding hydrogens is 332 g/mol. The number of nitrogens with zero attached hydrogens (tertiary/aromatic N) is 3. The van der Waals surface area contributed by atoms with E-state index in [0.29, 0.717) is 19.6 Å². The normalized spacial score (nSPS) is 16.5. The van der Waals surface area contributed by atoms with Gasteiger partial charge in [0.25, 0.3) is 0 Å². The van der Waals surface area contributed by atoms with Crippen molar-refractivity contribution in [1.82, 2.24) is 20.0 Å². The number of nitrogens with one attached hydrogen (secondary N) is 1. The van der Waals surface area contributed by atoms with Gasteiger partial charge in [0.1, 0.15) is 5.75 Å². The van der Waals surface area contributed by atoms with E-state index in [1.165, 1.54) is 0 Å². The van der Waals surface area contributed by atoms with E-state index in [-0.39, 0.29) is 12.1 Å². The Morgan fingerprint density at radius 1 is 1.42 bits per heavy atom. The van der Waals surface area contributed by atoms with Gasteiger partial charge in [-0.2, -0.15) is 5.10 Å². The van der Waals surface area contributed by atoms with Gasteiger partial charge in [-0.05, 0) is 25.0 Å². The maximum absolute atomic E-state index is 12.8. The monoisotopic (exact) mass is 358 g/mol. The third-order valence-electron chi connectivity index (χ3n) is 4.63. The van der Waals surface area contributed by atoms with Crippen LogP contribution in [0.2, 0.25) is 0 Å². The molecule has 1 atom stereocenters. The first kappa shape index (κ1) is 18.3. The molecule has 0 radical (unpaired) electrons. The van der Waals surface area contributed by atoms with Gasteiger partial charge in [-0.3, -0.25) is 4.68 Å². The minimum Gasteiger partial charge on any atom is -0.496 e. The fourth-order valence-electron chi connectivity index (χ4n) is 3.15. The predicted octanol–water partition coefficient (Wildman–Crippen LogP) is 2.32. The molecule has 0 aliphatic carbocycles. The summed E-state index contributed by atoms with van der Waals surface area (Å²) >= 11 is 0. The van der Waals surface area contributed by atoms with E-state index in [2.05, 4.69) is 10.4 Å². The van der Waals surface area contributed by atoms with Gasteiger partial charge in [0.15, 0.2) is 0 Å². The zero-order valence-corrected chi connectivity index (χ0v) is 15.4. The summed E-state index contributed by atoms with van der Waals surface area (Å²) in [6.45, 7) is 2.24. The molecular formula is C19H26N4O3. The lowest BCUT2D eigenvalue weighted by molar-refractivity contribution is 0.0792. The number of amides is 2. The molecule has 26 heavy (non-hydrogen) atoms. The molecule has 1 saturated heterocycles. The minimum absolute atomic E-state index is 0.0900. The van der Waals surface area contributed by atoms with E-state index in [9.17, 15) is 4.79 Å². The molecule has 0 spiro atoms. The number of methoxy groups -OCH3 is 1. The van der Waals surface area contributed by atoms with Crippen LogP contribution in [-0.4, -0.2) is 47.1 Å². The smallest absolute Gasteiger partial charge is 0.318 e. The first-order valence-electron chi connectivity index (χ1n) is 8.90. The van der Waals surface area contributed by atoms with Crippen molar-refractivity contribution in [2.45, 2.75) is 32.0 Å². The van der Waals surface area contributed by atoms with Gasteiger partial charge in [-0.25, -0.2) is 4.79 Å². The summed E-state index contributed by atoms with van der Waals surface area (Å²) in [5, 5.41) is 7.12. The molecule has 1 unspecified atom stereocenters. The fourth-order valence-corrected chi connectivity index (χ4v) is 3.15. The number of aromatic nitrogens is 2. The van der Waals surface area contributed by atoms with Crippen molar-refractivity contribution in [3.63, 3.8) is 0 Å². The van der Waals surface area contributed by atoms with Crippen molar-refractivity contribution in [2.24, 2.45) is 7.05 Å². The number of urea groups is 1. The number of aryl methyl sites for hydroxylation is 1.